The first-order valence-corrected chi connectivity index (χ1v) is 13.1. The van der Waals surface area contributed by atoms with Crippen molar-refractivity contribution < 1.29 is 8.42 Å². The summed E-state index contributed by atoms with van der Waals surface area (Å²) in [6, 6.07) is 12.3. The second-order valence-electron chi connectivity index (χ2n) is 9.01. The lowest BCUT2D eigenvalue weighted by Gasteiger charge is -2.37. The van der Waals surface area contributed by atoms with E-state index in [9.17, 15) is 8.42 Å². The lowest BCUT2D eigenvalue weighted by molar-refractivity contribution is 0.209. The van der Waals surface area contributed by atoms with Crippen LogP contribution >= 0.6 is 37.2 Å². The van der Waals surface area contributed by atoms with E-state index >= 15 is 0 Å². The van der Waals surface area contributed by atoms with Crippen molar-refractivity contribution in [1.82, 2.24) is 19.5 Å². The molecule has 2 aliphatic rings. The molecule has 2 fully saturated rings. The molecule has 0 atom stereocenters. The summed E-state index contributed by atoms with van der Waals surface area (Å²) in [7, 11) is -1.51. The smallest absolute Gasteiger partial charge is 0.243 e. The van der Waals surface area contributed by atoms with E-state index in [1.807, 2.05) is 25.4 Å². The first-order valence-electron chi connectivity index (χ1n) is 11.6. The van der Waals surface area contributed by atoms with Gasteiger partial charge in [-0.15, -0.1) is 37.2 Å². The van der Waals surface area contributed by atoms with Crippen LogP contribution in [-0.2, 0) is 10.0 Å². The highest BCUT2D eigenvalue weighted by atomic mass is 35.5. The molecule has 35 heavy (non-hydrogen) atoms. The third-order valence-electron chi connectivity index (χ3n) is 6.80. The number of nitrogens with zero attached hydrogens (tertiary/aromatic N) is 4. The van der Waals surface area contributed by atoms with Gasteiger partial charge < -0.3 is 10.2 Å². The molecule has 4 rings (SSSR count). The summed E-state index contributed by atoms with van der Waals surface area (Å²) in [5.41, 5.74) is 1.97. The third-order valence-corrected chi connectivity index (χ3v) is 8.72. The SMILES string of the molecule is CNC1CCN(S(=O)(=O)c2ccc(-c3ccc(N4CCN(C(C)C)CC4)nc3)cc2)CC1.Cl.Cl.Cl. The summed E-state index contributed by atoms with van der Waals surface area (Å²) >= 11 is 0. The zero-order valence-electron chi connectivity index (χ0n) is 20.6. The van der Waals surface area contributed by atoms with Gasteiger partial charge in [-0.05, 0) is 63.6 Å². The maximum absolute atomic E-state index is 13.0. The molecule has 0 aliphatic carbocycles. The van der Waals surface area contributed by atoms with Crippen molar-refractivity contribution in [2.75, 3.05) is 51.2 Å². The van der Waals surface area contributed by atoms with Crippen LogP contribution in [0.15, 0.2) is 47.5 Å². The average molecular weight is 567 g/mol. The van der Waals surface area contributed by atoms with Gasteiger partial charge in [0.15, 0.2) is 0 Å². The standard InChI is InChI=1S/C24H35N5O2S.3ClH/c1-19(2)27-14-16-28(17-15-27)24-9-6-21(18-26-24)20-4-7-23(8-5-20)32(30,31)29-12-10-22(25-3)11-13-29;;;/h4-9,18-19,22,25H,10-17H2,1-3H3;3*1H. The van der Waals surface area contributed by atoms with Crippen LogP contribution < -0.4 is 10.2 Å². The van der Waals surface area contributed by atoms with Gasteiger partial charge in [0.05, 0.1) is 4.90 Å². The zero-order valence-corrected chi connectivity index (χ0v) is 23.9. The van der Waals surface area contributed by atoms with Gasteiger partial charge >= 0.3 is 0 Å². The van der Waals surface area contributed by atoms with Gasteiger partial charge in [-0.1, -0.05) is 12.1 Å². The minimum absolute atomic E-state index is 0. The lowest BCUT2D eigenvalue weighted by Crippen LogP contribution is -2.49. The summed E-state index contributed by atoms with van der Waals surface area (Å²) in [5, 5.41) is 3.24. The van der Waals surface area contributed by atoms with Crippen molar-refractivity contribution in [2.24, 2.45) is 0 Å². The van der Waals surface area contributed by atoms with E-state index in [0.29, 0.717) is 30.1 Å². The normalized spacial score (nSPS) is 17.9. The molecule has 0 unspecified atom stereocenters. The van der Waals surface area contributed by atoms with Gasteiger partial charge in [0.25, 0.3) is 0 Å². The van der Waals surface area contributed by atoms with Crippen LogP contribution in [0.4, 0.5) is 5.82 Å². The van der Waals surface area contributed by atoms with E-state index < -0.39 is 10.0 Å². The summed E-state index contributed by atoms with van der Waals surface area (Å²) in [6.45, 7) is 9.70. The molecule has 3 heterocycles. The van der Waals surface area contributed by atoms with E-state index in [1.54, 1.807) is 16.4 Å². The molecule has 2 aliphatic heterocycles. The number of sulfonamides is 1. The molecule has 11 heteroatoms. The van der Waals surface area contributed by atoms with E-state index in [0.717, 1.165) is 56.0 Å². The number of rotatable bonds is 6. The Hall–Kier alpha value is -1.13. The van der Waals surface area contributed by atoms with E-state index in [1.165, 1.54) is 0 Å². The lowest BCUT2D eigenvalue weighted by atomic mass is 10.1. The zero-order chi connectivity index (χ0) is 22.7. The van der Waals surface area contributed by atoms with Crippen molar-refractivity contribution in [2.45, 2.75) is 43.7 Å². The number of piperidine rings is 1. The highest BCUT2D eigenvalue weighted by Crippen LogP contribution is 2.26. The van der Waals surface area contributed by atoms with Crippen LogP contribution in [0, 0.1) is 0 Å². The number of benzene rings is 1. The second kappa shape index (κ2) is 14.0. The fraction of sp³-hybridized carbons (Fsp3) is 0.542. The first kappa shape index (κ1) is 31.9. The Morgan fingerprint density at radius 2 is 1.43 bits per heavy atom. The first-order chi connectivity index (χ1) is 15.4. The molecule has 2 aromatic rings. The summed E-state index contributed by atoms with van der Waals surface area (Å²) in [4.78, 5) is 9.86. The van der Waals surface area contributed by atoms with E-state index in [2.05, 4.69) is 46.1 Å². The van der Waals surface area contributed by atoms with Gasteiger partial charge in [-0.3, -0.25) is 4.90 Å². The molecule has 0 spiro atoms. The predicted octanol–water partition coefficient (Wildman–Crippen LogP) is 3.92. The highest BCUT2D eigenvalue weighted by Gasteiger charge is 2.28. The van der Waals surface area contributed by atoms with Crippen LogP contribution in [0.5, 0.6) is 0 Å². The molecular weight excluding hydrogens is 529 g/mol. The van der Waals surface area contributed by atoms with Crippen molar-refractivity contribution in [3.05, 3.63) is 42.6 Å². The van der Waals surface area contributed by atoms with Crippen LogP contribution in [0.1, 0.15) is 26.7 Å². The van der Waals surface area contributed by atoms with E-state index in [4.69, 9.17) is 0 Å². The molecule has 0 radical (unpaired) electrons. The van der Waals surface area contributed by atoms with Crippen LogP contribution in [0.2, 0.25) is 0 Å². The molecule has 0 saturated carbocycles. The Morgan fingerprint density at radius 3 is 1.91 bits per heavy atom. The number of hydrogen-bond acceptors (Lipinski definition) is 6. The monoisotopic (exact) mass is 565 g/mol. The minimum Gasteiger partial charge on any atom is -0.354 e. The van der Waals surface area contributed by atoms with Crippen molar-refractivity contribution in [3.63, 3.8) is 0 Å². The third kappa shape index (κ3) is 7.44. The van der Waals surface area contributed by atoms with Gasteiger partial charge in [-0.25, -0.2) is 13.4 Å². The Kier molecular flexibility index (Phi) is 12.7. The Balaban J connectivity index is 0.00000204. The molecule has 0 amide bonds. The Morgan fingerprint density at radius 1 is 0.857 bits per heavy atom. The molecule has 1 N–H and O–H groups in total. The molecule has 198 valence electrons. The minimum atomic E-state index is -3.45. The van der Waals surface area contributed by atoms with E-state index in [-0.39, 0.29) is 37.2 Å². The molecule has 2 saturated heterocycles. The number of anilines is 1. The van der Waals surface area contributed by atoms with Crippen LogP contribution in [0.25, 0.3) is 11.1 Å². The number of nitrogens with one attached hydrogen (secondary N) is 1. The predicted molar refractivity (Wildman–Crippen MR) is 151 cm³/mol. The van der Waals surface area contributed by atoms with Crippen LogP contribution in [0.3, 0.4) is 0 Å². The largest absolute Gasteiger partial charge is 0.354 e. The summed E-state index contributed by atoms with van der Waals surface area (Å²) in [5.74, 6) is 1.00. The quantitative estimate of drug-likeness (QED) is 0.572. The summed E-state index contributed by atoms with van der Waals surface area (Å²) in [6.07, 6.45) is 3.58. The maximum atomic E-state index is 13.0. The Bertz CT molecular complexity index is 991. The number of hydrogen-bond donors (Lipinski definition) is 1. The molecular formula is C24H38Cl3N5O2S. The number of pyridine rings is 1. The summed E-state index contributed by atoms with van der Waals surface area (Å²) < 4.78 is 27.6. The van der Waals surface area contributed by atoms with Gasteiger partial charge in [0.1, 0.15) is 5.82 Å². The maximum Gasteiger partial charge on any atom is 0.243 e. The van der Waals surface area contributed by atoms with Crippen molar-refractivity contribution in [1.29, 1.82) is 0 Å². The molecule has 1 aromatic heterocycles. The van der Waals surface area contributed by atoms with Gasteiger partial charge in [-0.2, -0.15) is 4.31 Å². The topological polar surface area (TPSA) is 68.8 Å². The molecule has 0 bridgehead atoms. The van der Waals surface area contributed by atoms with Gasteiger partial charge in [0.2, 0.25) is 10.0 Å². The fourth-order valence-corrected chi connectivity index (χ4v) is 6.03. The van der Waals surface area contributed by atoms with Crippen LogP contribution in [-0.4, -0.2) is 81.0 Å². The Labute approximate surface area is 228 Å². The number of halogens is 3. The second-order valence-corrected chi connectivity index (χ2v) is 11.0. The molecule has 7 nitrogen and oxygen atoms in total. The molecule has 1 aromatic carbocycles. The number of aromatic nitrogens is 1. The van der Waals surface area contributed by atoms with Crippen molar-refractivity contribution in [3.8, 4) is 11.1 Å². The number of piperazine rings is 1. The fourth-order valence-electron chi connectivity index (χ4n) is 4.56. The average Bonchev–Trinajstić information content (AvgIpc) is 2.84. The van der Waals surface area contributed by atoms with Gasteiger partial charge in [0, 0.05) is 63.1 Å². The highest BCUT2D eigenvalue weighted by molar-refractivity contribution is 7.89. The van der Waals surface area contributed by atoms with Crippen molar-refractivity contribution >= 4 is 53.1 Å².